The lowest BCUT2D eigenvalue weighted by Crippen LogP contribution is -2.48. The number of carbonyl (C=O) groups excluding carboxylic acids is 1. The average Bonchev–Trinajstić information content (AvgIpc) is 3.32. The van der Waals surface area contributed by atoms with Gasteiger partial charge in [0.1, 0.15) is 5.75 Å². The molecule has 4 nitrogen and oxygen atoms in total. The number of likely N-dealkylation sites (N-methyl/N-ethyl adjacent to an activating group) is 1. The third-order valence-corrected chi connectivity index (χ3v) is 6.82. The van der Waals surface area contributed by atoms with Crippen LogP contribution >= 0.6 is 12.4 Å². The number of amides is 1. The van der Waals surface area contributed by atoms with E-state index in [0.29, 0.717) is 5.56 Å². The zero-order valence-electron chi connectivity index (χ0n) is 18.9. The molecule has 1 aliphatic heterocycles. The quantitative estimate of drug-likeness (QED) is 0.580. The average molecular weight is 483 g/mol. The van der Waals surface area contributed by atoms with Gasteiger partial charge >= 0.3 is 6.18 Å². The largest absolute Gasteiger partial charge is 0.496 e. The molecule has 0 bridgehead atoms. The monoisotopic (exact) mass is 482 g/mol. The van der Waals surface area contributed by atoms with E-state index in [0.717, 1.165) is 67.8 Å². The molecular formula is C25H30ClF3N2O2. The van der Waals surface area contributed by atoms with E-state index in [2.05, 4.69) is 11.0 Å². The molecule has 1 aliphatic carbocycles. The molecule has 1 saturated heterocycles. The lowest BCUT2D eigenvalue weighted by Gasteiger charge is -2.44. The minimum atomic E-state index is -4.38. The summed E-state index contributed by atoms with van der Waals surface area (Å²) in [6, 6.07) is 11.0. The van der Waals surface area contributed by atoms with Crippen LogP contribution in [0.15, 0.2) is 42.5 Å². The molecule has 0 N–H and O–H groups in total. The number of fused-ring (bicyclic) bond motifs is 1. The molecule has 1 heterocycles. The van der Waals surface area contributed by atoms with Crippen LogP contribution in [0, 0.1) is 0 Å². The van der Waals surface area contributed by atoms with Crippen molar-refractivity contribution in [3.05, 3.63) is 64.7 Å². The first kappa shape index (κ1) is 25.4. The maximum atomic E-state index is 13.3. The fourth-order valence-electron chi connectivity index (χ4n) is 5.16. The summed E-state index contributed by atoms with van der Waals surface area (Å²) in [6.07, 6.45) is -0.146. The predicted octanol–water partition coefficient (Wildman–Crippen LogP) is 5.29. The Morgan fingerprint density at radius 3 is 2.39 bits per heavy atom. The Bertz CT molecular complexity index is 959. The zero-order chi connectivity index (χ0) is 22.9. The number of benzene rings is 2. The number of likely N-dealkylation sites (tertiary alicyclic amines) is 1. The van der Waals surface area contributed by atoms with Crippen LogP contribution in [0.4, 0.5) is 13.2 Å². The van der Waals surface area contributed by atoms with Crippen molar-refractivity contribution in [1.82, 2.24) is 9.80 Å². The molecular weight excluding hydrogens is 453 g/mol. The molecule has 2 aliphatic rings. The van der Waals surface area contributed by atoms with E-state index in [9.17, 15) is 18.0 Å². The van der Waals surface area contributed by atoms with Crippen LogP contribution in [0.1, 0.15) is 47.6 Å². The number of alkyl halides is 3. The van der Waals surface area contributed by atoms with Crippen LogP contribution in [-0.4, -0.2) is 49.0 Å². The van der Waals surface area contributed by atoms with Gasteiger partial charge in [-0.3, -0.25) is 9.69 Å². The third kappa shape index (κ3) is 5.30. The van der Waals surface area contributed by atoms with Gasteiger partial charge in [-0.15, -0.1) is 12.4 Å². The van der Waals surface area contributed by atoms with Crippen molar-refractivity contribution in [3.63, 3.8) is 0 Å². The fraction of sp³-hybridized carbons (Fsp3) is 0.480. The Labute approximate surface area is 199 Å². The Morgan fingerprint density at radius 1 is 1.12 bits per heavy atom. The minimum Gasteiger partial charge on any atom is -0.496 e. The van der Waals surface area contributed by atoms with Crippen molar-refractivity contribution in [1.29, 1.82) is 0 Å². The van der Waals surface area contributed by atoms with E-state index in [1.807, 2.05) is 19.2 Å². The first-order chi connectivity index (χ1) is 15.3. The maximum Gasteiger partial charge on any atom is 0.416 e. The number of hydrogen-bond acceptors (Lipinski definition) is 3. The molecule has 1 amide bonds. The topological polar surface area (TPSA) is 32.8 Å². The molecule has 0 radical (unpaired) electrons. The Kier molecular flexibility index (Phi) is 7.96. The summed E-state index contributed by atoms with van der Waals surface area (Å²) in [5.41, 5.74) is 2.12. The maximum absolute atomic E-state index is 13.3. The molecule has 2 aromatic carbocycles. The molecule has 2 atom stereocenters. The smallest absolute Gasteiger partial charge is 0.416 e. The molecule has 4 rings (SSSR count). The molecule has 0 spiro atoms. The van der Waals surface area contributed by atoms with Gasteiger partial charge in [-0.2, -0.15) is 13.2 Å². The van der Waals surface area contributed by atoms with E-state index < -0.39 is 11.7 Å². The fourth-order valence-corrected chi connectivity index (χ4v) is 5.16. The predicted molar refractivity (Wildman–Crippen MR) is 124 cm³/mol. The number of carbonyl (C=O) groups is 1. The summed E-state index contributed by atoms with van der Waals surface area (Å²) in [7, 11) is 3.48. The molecule has 0 unspecified atom stereocenters. The summed E-state index contributed by atoms with van der Waals surface area (Å²) in [5.74, 6) is 0.741. The highest BCUT2D eigenvalue weighted by atomic mass is 35.5. The molecule has 2 aromatic rings. The van der Waals surface area contributed by atoms with E-state index >= 15 is 0 Å². The van der Waals surface area contributed by atoms with Crippen LogP contribution in [0.5, 0.6) is 5.75 Å². The highest BCUT2D eigenvalue weighted by Gasteiger charge is 2.39. The lowest BCUT2D eigenvalue weighted by molar-refractivity contribution is -0.137. The lowest BCUT2D eigenvalue weighted by atomic mass is 9.81. The van der Waals surface area contributed by atoms with Crippen molar-refractivity contribution in [2.45, 2.75) is 50.4 Å². The number of ether oxygens (including phenoxy) is 1. The SMILES string of the molecule is COc1cccc2c1CC[C@H](N1CCCC1)[C@H]2N(C)C(=O)Cc1ccc(C(F)(F)F)cc1.Cl. The van der Waals surface area contributed by atoms with Gasteiger partial charge in [0.05, 0.1) is 25.1 Å². The third-order valence-electron chi connectivity index (χ3n) is 6.82. The van der Waals surface area contributed by atoms with Crippen LogP contribution in [0.2, 0.25) is 0 Å². The summed E-state index contributed by atoms with van der Waals surface area (Å²) in [4.78, 5) is 17.5. The van der Waals surface area contributed by atoms with Crippen LogP contribution < -0.4 is 4.74 Å². The normalized spacial score (nSPS) is 20.6. The number of hydrogen-bond donors (Lipinski definition) is 0. The van der Waals surface area contributed by atoms with Crippen LogP contribution in [0.25, 0.3) is 0 Å². The van der Waals surface area contributed by atoms with Gasteiger partial charge < -0.3 is 9.64 Å². The molecule has 8 heteroatoms. The van der Waals surface area contributed by atoms with Gasteiger partial charge in [0, 0.05) is 13.1 Å². The van der Waals surface area contributed by atoms with E-state index in [1.54, 1.807) is 12.0 Å². The molecule has 0 aromatic heterocycles. The van der Waals surface area contributed by atoms with Gasteiger partial charge in [-0.25, -0.2) is 0 Å². The summed E-state index contributed by atoms with van der Waals surface area (Å²) < 4.78 is 44.2. The first-order valence-corrected chi connectivity index (χ1v) is 11.1. The highest BCUT2D eigenvalue weighted by Crippen LogP contribution is 2.41. The molecule has 0 saturated carbocycles. The zero-order valence-corrected chi connectivity index (χ0v) is 19.7. The van der Waals surface area contributed by atoms with Crippen molar-refractivity contribution >= 4 is 18.3 Å². The number of nitrogens with zero attached hydrogens (tertiary/aromatic N) is 2. The summed E-state index contributed by atoms with van der Waals surface area (Å²) in [6.45, 7) is 2.06. The van der Waals surface area contributed by atoms with Crippen LogP contribution in [0.3, 0.4) is 0 Å². The molecule has 33 heavy (non-hydrogen) atoms. The van der Waals surface area contributed by atoms with E-state index in [1.165, 1.54) is 12.1 Å². The van der Waals surface area contributed by atoms with E-state index in [-0.39, 0.29) is 36.8 Å². The second-order valence-electron chi connectivity index (χ2n) is 8.70. The summed E-state index contributed by atoms with van der Waals surface area (Å²) in [5, 5.41) is 0. The second kappa shape index (κ2) is 10.3. The van der Waals surface area contributed by atoms with Gasteiger partial charge in [0.25, 0.3) is 0 Å². The highest BCUT2D eigenvalue weighted by molar-refractivity contribution is 5.85. The van der Waals surface area contributed by atoms with E-state index in [4.69, 9.17) is 4.74 Å². The van der Waals surface area contributed by atoms with Gasteiger partial charge in [0.15, 0.2) is 0 Å². The molecule has 180 valence electrons. The number of halogens is 4. The Balaban J connectivity index is 0.00000306. The van der Waals surface area contributed by atoms with Crippen LogP contribution in [-0.2, 0) is 23.8 Å². The van der Waals surface area contributed by atoms with Crippen molar-refractivity contribution < 1.29 is 22.7 Å². The van der Waals surface area contributed by atoms with Crippen molar-refractivity contribution in [2.75, 3.05) is 27.2 Å². The number of methoxy groups -OCH3 is 1. The van der Waals surface area contributed by atoms with Crippen molar-refractivity contribution in [3.8, 4) is 5.75 Å². The second-order valence-corrected chi connectivity index (χ2v) is 8.70. The van der Waals surface area contributed by atoms with Crippen molar-refractivity contribution in [2.24, 2.45) is 0 Å². The number of rotatable bonds is 5. The minimum absolute atomic E-state index is 0. The summed E-state index contributed by atoms with van der Waals surface area (Å²) >= 11 is 0. The first-order valence-electron chi connectivity index (χ1n) is 11.1. The van der Waals surface area contributed by atoms with Gasteiger partial charge in [0.2, 0.25) is 5.91 Å². The standard InChI is InChI=1S/C25H29F3N2O2.ClH/c1-29(23(31)16-17-8-10-18(11-9-17)25(26,27)28)24-20-6-5-7-22(32-2)19(20)12-13-21(24)30-14-3-4-15-30;/h5-11,21,24H,3-4,12-16H2,1-2H3;1H/t21-,24-;/m0./s1. The molecule has 1 fully saturated rings. The van der Waals surface area contributed by atoms with Gasteiger partial charge in [-0.1, -0.05) is 24.3 Å². The Hall–Kier alpha value is -2.25. The Morgan fingerprint density at radius 2 is 1.79 bits per heavy atom. The van der Waals surface area contributed by atoms with Gasteiger partial charge in [-0.05, 0) is 73.7 Å².